The number of nitrogens with zero attached hydrogens (tertiary/aromatic N) is 1. The topological polar surface area (TPSA) is 64.4 Å². The van der Waals surface area contributed by atoms with Crippen LogP contribution in [0.25, 0.3) is 22.6 Å². The normalized spacial score (nSPS) is 10.7. The van der Waals surface area contributed by atoms with Crippen molar-refractivity contribution in [3.63, 3.8) is 0 Å². The summed E-state index contributed by atoms with van der Waals surface area (Å²) in [5, 5.41) is 3.33. The van der Waals surface area contributed by atoms with Gasteiger partial charge in [0.05, 0.1) is 11.3 Å². The minimum Gasteiger partial charge on any atom is -0.444 e. The fraction of sp³-hybridized carbons (Fsp3) is 0.0476. The number of fused-ring (bicyclic) bond motifs is 1. The Morgan fingerprint density at radius 3 is 2.67 bits per heavy atom. The Morgan fingerprint density at radius 2 is 1.81 bits per heavy atom. The average molecular weight is 379 g/mol. The second kappa shape index (κ2) is 7.51. The van der Waals surface area contributed by atoms with Crippen LogP contribution in [0.5, 0.6) is 0 Å². The molecule has 0 saturated carbocycles. The van der Waals surface area contributed by atoms with E-state index in [0.717, 1.165) is 5.56 Å². The van der Waals surface area contributed by atoms with Crippen molar-refractivity contribution in [2.75, 3.05) is 5.32 Å². The number of carbonyl (C=O) groups excluding carboxylic acids is 1. The lowest BCUT2D eigenvalue weighted by Gasteiger charge is -2.09. The highest BCUT2D eigenvalue weighted by molar-refractivity contribution is 6.31. The van der Waals surface area contributed by atoms with E-state index in [1.54, 1.807) is 24.3 Å². The molecule has 0 aliphatic carbocycles. The van der Waals surface area contributed by atoms with Crippen molar-refractivity contribution >= 4 is 34.5 Å². The number of hydrogen-bond acceptors (Lipinski definition) is 4. The first-order chi connectivity index (χ1) is 13.2. The number of para-hydroxylation sites is 1. The molecule has 0 bridgehead atoms. The van der Waals surface area contributed by atoms with Crippen molar-refractivity contribution in [1.29, 1.82) is 0 Å². The highest BCUT2D eigenvalue weighted by Gasteiger charge is 2.14. The molecule has 3 aromatic carbocycles. The zero-order valence-corrected chi connectivity index (χ0v) is 14.9. The first-order valence-electron chi connectivity index (χ1n) is 8.32. The SMILES string of the molecule is O=C(Nc1ccccc1-c1nc2cc(Cl)ccc2o1)OCc1ccccc1. The maximum absolute atomic E-state index is 12.2. The Hall–Kier alpha value is -3.31. The van der Waals surface area contributed by atoms with Gasteiger partial charge in [0.15, 0.2) is 5.58 Å². The molecule has 27 heavy (non-hydrogen) atoms. The maximum Gasteiger partial charge on any atom is 0.411 e. The molecule has 0 atom stereocenters. The largest absolute Gasteiger partial charge is 0.444 e. The summed E-state index contributed by atoms with van der Waals surface area (Å²) in [5.74, 6) is 0.395. The number of rotatable bonds is 4. The van der Waals surface area contributed by atoms with Gasteiger partial charge in [-0.1, -0.05) is 54.1 Å². The quantitative estimate of drug-likeness (QED) is 0.480. The number of amides is 1. The Labute approximate surface area is 160 Å². The summed E-state index contributed by atoms with van der Waals surface area (Å²) in [5.41, 5.74) is 3.39. The van der Waals surface area contributed by atoms with Gasteiger partial charge in [0, 0.05) is 5.02 Å². The summed E-state index contributed by atoms with van der Waals surface area (Å²) in [6.45, 7) is 0.191. The van der Waals surface area contributed by atoms with Gasteiger partial charge in [-0.3, -0.25) is 5.32 Å². The minimum atomic E-state index is -0.551. The highest BCUT2D eigenvalue weighted by Crippen LogP contribution is 2.31. The molecule has 4 rings (SSSR count). The van der Waals surface area contributed by atoms with Crippen molar-refractivity contribution < 1.29 is 13.9 Å². The predicted octanol–water partition coefficient (Wildman–Crippen LogP) is 5.90. The third kappa shape index (κ3) is 3.93. The Kier molecular flexibility index (Phi) is 4.77. The smallest absolute Gasteiger partial charge is 0.411 e. The van der Waals surface area contributed by atoms with Gasteiger partial charge in [0.25, 0.3) is 0 Å². The van der Waals surface area contributed by atoms with Gasteiger partial charge in [0.2, 0.25) is 5.89 Å². The van der Waals surface area contributed by atoms with Crippen LogP contribution in [-0.2, 0) is 11.3 Å². The zero-order chi connectivity index (χ0) is 18.6. The number of hydrogen-bond donors (Lipinski definition) is 1. The molecule has 4 aromatic rings. The molecule has 0 saturated heterocycles. The molecular formula is C21H15ClN2O3. The lowest BCUT2D eigenvalue weighted by molar-refractivity contribution is 0.155. The maximum atomic E-state index is 12.2. The third-order valence-corrected chi connectivity index (χ3v) is 4.19. The molecule has 0 unspecified atom stereocenters. The molecule has 1 amide bonds. The number of ether oxygens (including phenoxy) is 1. The van der Waals surface area contributed by atoms with Gasteiger partial charge >= 0.3 is 6.09 Å². The standard InChI is InChI=1S/C21H15ClN2O3/c22-15-10-11-19-18(12-15)23-20(27-19)16-8-4-5-9-17(16)24-21(25)26-13-14-6-2-1-3-7-14/h1-12H,13H2,(H,24,25). The number of halogens is 1. The van der Waals surface area contributed by atoms with Crippen molar-refractivity contribution in [1.82, 2.24) is 4.98 Å². The van der Waals surface area contributed by atoms with Crippen LogP contribution in [-0.4, -0.2) is 11.1 Å². The number of nitrogens with one attached hydrogen (secondary N) is 1. The van der Waals surface area contributed by atoms with Crippen LogP contribution in [0.2, 0.25) is 5.02 Å². The first kappa shape index (κ1) is 17.1. The summed E-state index contributed by atoms with van der Waals surface area (Å²) in [6, 6.07) is 22.0. The lowest BCUT2D eigenvalue weighted by Crippen LogP contribution is -2.14. The molecule has 1 N–H and O–H groups in total. The Bertz CT molecular complexity index is 1090. The van der Waals surface area contributed by atoms with Crippen LogP contribution in [0.1, 0.15) is 5.56 Å². The molecule has 6 heteroatoms. The van der Waals surface area contributed by atoms with E-state index in [1.807, 2.05) is 48.5 Å². The van der Waals surface area contributed by atoms with Crippen LogP contribution >= 0.6 is 11.6 Å². The van der Waals surface area contributed by atoms with E-state index in [9.17, 15) is 4.79 Å². The molecule has 1 heterocycles. The molecule has 1 aromatic heterocycles. The fourth-order valence-electron chi connectivity index (χ4n) is 2.66. The highest BCUT2D eigenvalue weighted by atomic mass is 35.5. The lowest BCUT2D eigenvalue weighted by atomic mass is 10.2. The fourth-order valence-corrected chi connectivity index (χ4v) is 2.83. The van der Waals surface area contributed by atoms with Gasteiger partial charge in [-0.15, -0.1) is 0 Å². The van der Waals surface area contributed by atoms with E-state index in [0.29, 0.717) is 33.3 Å². The number of anilines is 1. The average Bonchev–Trinajstić information content (AvgIpc) is 3.10. The Morgan fingerprint density at radius 1 is 1.04 bits per heavy atom. The van der Waals surface area contributed by atoms with Crippen molar-refractivity contribution in [2.45, 2.75) is 6.61 Å². The zero-order valence-electron chi connectivity index (χ0n) is 14.2. The van der Waals surface area contributed by atoms with Crippen LogP contribution in [0.3, 0.4) is 0 Å². The van der Waals surface area contributed by atoms with Crippen molar-refractivity contribution in [2.24, 2.45) is 0 Å². The van der Waals surface area contributed by atoms with Gasteiger partial charge < -0.3 is 9.15 Å². The van der Waals surface area contributed by atoms with E-state index in [1.165, 1.54) is 0 Å². The van der Waals surface area contributed by atoms with E-state index in [-0.39, 0.29) is 6.61 Å². The number of oxazole rings is 1. The van der Waals surface area contributed by atoms with Gasteiger partial charge in [0.1, 0.15) is 12.1 Å². The summed E-state index contributed by atoms with van der Waals surface area (Å²) >= 11 is 6.00. The van der Waals surface area contributed by atoms with Crippen molar-refractivity contribution in [3.8, 4) is 11.5 Å². The number of aromatic nitrogens is 1. The molecular weight excluding hydrogens is 364 g/mol. The van der Waals surface area contributed by atoms with Gasteiger partial charge in [-0.2, -0.15) is 0 Å². The molecule has 0 fully saturated rings. The monoisotopic (exact) mass is 378 g/mol. The number of benzene rings is 3. The molecule has 134 valence electrons. The summed E-state index contributed by atoms with van der Waals surface area (Å²) < 4.78 is 11.1. The Balaban J connectivity index is 1.54. The molecule has 0 aliphatic rings. The second-order valence-corrected chi connectivity index (χ2v) is 6.30. The summed E-state index contributed by atoms with van der Waals surface area (Å²) in [4.78, 5) is 16.6. The van der Waals surface area contributed by atoms with Crippen LogP contribution in [0.15, 0.2) is 77.2 Å². The predicted molar refractivity (Wildman–Crippen MR) is 105 cm³/mol. The van der Waals surface area contributed by atoms with E-state index >= 15 is 0 Å². The van der Waals surface area contributed by atoms with E-state index in [4.69, 9.17) is 20.8 Å². The third-order valence-electron chi connectivity index (χ3n) is 3.96. The van der Waals surface area contributed by atoms with Gasteiger partial charge in [-0.05, 0) is 35.9 Å². The van der Waals surface area contributed by atoms with Crippen LogP contribution < -0.4 is 5.32 Å². The van der Waals surface area contributed by atoms with Crippen molar-refractivity contribution in [3.05, 3.63) is 83.4 Å². The van der Waals surface area contributed by atoms with E-state index < -0.39 is 6.09 Å². The molecule has 5 nitrogen and oxygen atoms in total. The molecule has 0 radical (unpaired) electrons. The van der Waals surface area contributed by atoms with Crippen LogP contribution in [0.4, 0.5) is 10.5 Å². The number of carbonyl (C=O) groups is 1. The molecule has 0 aliphatic heterocycles. The van der Waals surface area contributed by atoms with E-state index in [2.05, 4.69) is 10.3 Å². The summed E-state index contributed by atoms with van der Waals surface area (Å²) in [7, 11) is 0. The van der Waals surface area contributed by atoms with Crippen LogP contribution in [0, 0.1) is 0 Å². The summed E-state index contributed by atoms with van der Waals surface area (Å²) in [6.07, 6.45) is -0.551. The first-order valence-corrected chi connectivity index (χ1v) is 8.70. The molecule has 0 spiro atoms. The van der Waals surface area contributed by atoms with Gasteiger partial charge in [-0.25, -0.2) is 9.78 Å². The second-order valence-electron chi connectivity index (χ2n) is 5.86. The minimum absolute atomic E-state index is 0.191.